The smallest absolute Gasteiger partial charge is 0.157 e. The summed E-state index contributed by atoms with van der Waals surface area (Å²) in [6.07, 6.45) is 1.69. The van der Waals surface area contributed by atoms with Crippen molar-refractivity contribution < 1.29 is 10.2 Å². The Morgan fingerprint density at radius 3 is 2.71 bits per heavy atom. The quantitative estimate of drug-likeness (QED) is 0.358. The van der Waals surface area contributed by atoms with Crippen molar-refractivity contribution in [3.8, 4) is 11.5 Å². The molecule has 1 aliphatic heterocycles. The van der Waals surface area contributed by atoms with Gasteiger partial charge in [0.25, 0.3) is 0 Å². The minimum atomic E-state index is -0.0608. The van der Waals surface area contributed by atoms with Gasteiger partial charge in [0, 0.05) is 15.3 Å². The second kappa shape index (κ2) is 5.73. The summed E-state index contributed by atoms with van der Waals surface area (Å²) >= 11 is 2.24. The van der Waals surface area contributed by atoms with E-state index in [2.05, 4.69) is 34.0 Å². The van der Waals surface area contributed by atoms with Gasteiger partial charge in [-0.15, -0.1) is 0 Å². The first-order valence-electron chi connectivity index (χ1n) is 6.86. The van der Waals surface area contributed by atoms with E-state index in [9.17, 15) is 10.2 Å². The van der Waals surface area contributed by atoms with Gasteiger partial charge in [0.15, 0.2) is 11.5 Å². The fourth-order valence-corrected chi connectivity index (χ4v) is 3.36. The molecule has 0 radical (unpaired) electrons. The van der Waals surface area contributed by atoms with E-state index in [1.54, 1.807) is 12.1 Å². The van der Waals surface area contributed by atoms with E-state index < -0.39 is 0 Å². The van der Waals surface area contributed by atoms with Crippen LogP contribution in [0.25, 0.3) is 0 Å². The summed E-state index contributed by atoms with van der Waals surface area (Å²) in [5.41, 5.74) is 10.00. The van der Waals surface area contributed by atoms with Crippen LogP contribution in [0.3, 0.4) is 0 Å². The number of hydrogen-bond acceptors (Lipinski definition) is 4. The van der Waals surface area contributed by atoms with Gasteiger partial charge in [0.2, 0.25) is 0 Å². The third-order valence-corrected chi connectivity index (χ3v) is 4.84. The fraction of sp³-hybridized carbons (Fsp3) is 0.250. The average Bonchev–Trinajstić information content (AvgIpc) is 2.45. The Hall–Kier alpha value is -1.47. The van der Waals surface area contributed by atoms with Crippen molar-refractivity contribution in [3.05, 3.63) is 50.6 Å². The number of nitrogens with one attached hydrogen (secondary N) is 1. The molecule has 0 saturated heterocycles. The maximum atomic E-state index is 9.74. The highest BCUT2D eigenvalue weighted by molar-refractivity contribution is 14.1. The van der Waals surface area contributed by atoms with Gasteiger partial charge in [-0.2, -0.15) is 0 Å². The van der Waals surface area contributed by atoms with E-state index >= 15 is 0 Å². The summed E-state index contributed by atoms with van der Waals surface area (Å²) < 4.78 is 1.05. The number of aromatic hydroxyl groups is 2. The van der Waals surface area contributed by atoms with Gasteiger partial charge < -0.3 is 21.3 Å². The molecule has 21 heavy (non-hydrogen) atoms. The maximum absolute atomic E-state index is 9.74. The highest BCUT2D eigenvalue weighted by Gasteiger charge is 2.22. The first kappa shape index (κ1) is 14.5. The number of nitrogen functional groups attached to an aromatic ring is 1. The Bertz CT molecular complexity index is 688. The summed E-state index contributed by atoms with van der Waals surface area (Å²) in [5.74, 6) is -0.106. The number of hydrogen-bond donors (Lipinski definition) is 4. The summed E-state index contributed by atoms with van der Waals surface area (Å²) in [6.45, 7) is 0.869. The van der Waals surface area contributed by atoms with Crippen LogP contribution in [0.5, 0.6) is 11.5 Å². The second-order valence-corrected chi connectivity index (χ2v) is 6.52. The van der Waals surface area contributed by atoms with Crippen molar-refractivity contribution >= 4 is 28.3 Å². The predicted octanol–water partition coefficient (Wildman–Crippen LogP) is 2.71. The van der Waals surface area contributed by atoms with Gasteiger partial charge in [0.1, 0.15) is 0 Å². The Morgan fingerprint density at radius 2 is 1.95 bits per heavy atom. The van der Waals surface area contributed by atoms with Crippen LogP contribution < -0.4 is 11.1 Å². The zero-order valence-corrected chi connectivity index (χ0v) is 13.6. The van der Waals surface area contributed by atoms with Gasteiger partial charge >= 0.3 is 0 Å². The van der Waals surface area contributed by atoms with Crippen LogP contribution in [0.15, 0.2) is 30.3 Å². The van der Waals surface area contributed by atoms with Crippen molar-refractivity contribution in [2.75, 3.05) is 12.3 Å². The van der Waals surface area contributed by atoms with E-state index in [1.165, 1.54) is 5.56 Å². The molecule has 0 spiro atoms. The van der Waals surface area contributed by atoms with Crippen LogP contribution in [0, 0.1) is 3.57 Å². The fourth-order valence-electron chi connectivity index (χ4n) is 2.78. The molecule has 0 fully saturated rings. The monoisotopic (exact) mass is 396 g/mol. The summed E-state index contributed by atoms with van der Waals surface area (Å²) in [4.78, 5) is 0. The zero-order valence-electron chi connectivity index (χ0n) is 11.4. The molecule has 110 valence electrons. The molecule has 3 rings (SSSR count). The molecule has 2 aromatic rings. The van der Waals surface area contributed by atoms with Crippen molar-refractivity contribution in [1.82, 2.24) is 5.32 Å². The first-order chi connectivity index (χ1) is 10.0. The van der Waals surface area contributed by atoms with Crippen LogP contribution >= 0.6 is 22.6 Å². The second-order valence-electron chi connectivity index (χ2n) is 5.36. The van der Waals surface area contributed by atoms with Crippen molar-refractivity contribution in [1.29, 1.82) is 0 Å². The summed E-state index contributed by atoms with van der Waals surface area (Å²) in [7, 11) is 0. The standard InChI is InChI=1S/C16H17IN2O2/c17-12-5-9(1-2-13(12)18)6-14-11-8-16(21)15(20)7-10(11)3-4-19-14/h1-2,5,7-8,14,19-21H,3-4,6,18H2/t14-/m0/s1. The lowest BCUT2D eigenvalue weighted by molar-refractivity contribution is 0.398. The molecular formula is C16H17IN2O2. The molecule has 0 saturated carbocycles. The molecule has 1 atom stereocenters. The zero-order chi connectivity index (χ0) is 15.0. The molecule has 2 aromatic carbocycles. The molecule has 0 bridgehead atoms. The Labute approximate surface area is 137 Å². The molecule has 0 aromatic heterocycles. The van der Waals surface area contributed by atoms with Gasteiger partial charge in [-0.25, -0.2) is 0 Å². The van der Waals surface area contributed by atoms with Crippen LogP contribution in [-0.2, 0) is 12.8 Å². The van der Waals surface area contributed by atoms with Gasteiger partial charge in [-0.1, -0.05) is 6.07 Å². The molecule has 1 aliphatic rings. The molecule has 1 heterocycles. The predicted molar refractivity (Wildman–Crippen MR) is 91.5 cm³/mol. The molecule has 0 amide bonds. The normalized spacial score (nSPS) is 17.5. The molecule has 4 nitrogen and oxygen atoms in total. The highest BCUT2D eigenvalue weighted by Crippen LogP contribution is 2.35. The van der Waals surface area contributed by atoms with E-state index in [1.807, 2.05) is 12.1 Å². The van der Waals surface area contributed by atoms with E-state index in [4.69, 9.17) is 5.73 Å². The molecule has 0 unspecified atom stereocenters. The number of anilines is 1. The number of phenolic OH excluding ortho intramolecular Hbond substituents is 2. The van der Waals surface area contributed by atoms with E-state index in [-0.39, 0.29) is 17.5 Å². The van der Waals surface area contributed by atoms with Crippen molar-refractivity contribution in [2.45, 2.75) is 18.9 Å². The van der Waals surface area contributed by atoms with Gasteiger partial charge in [-0.05, 0) is 82.9 Å². The van der Waals surface area contributed by atoms with Gasteiger partial charge in [0.05, 0.1) is 0 Å². The number of benzene rings is 2. The van der Waals surface area contributed by atoms with E-state index in [0.717, 1.165) is 39.8 Å². The number of fused-ring (bicyclic) bond motifs is 1. The molecule has 5 heteroatoms. The average molecular weight is 396 g/mol. The van der Waals surface area contributed by atoms with Crippen molar-refractivity contribution in [2.24, 2.45) is 0 Å². The lowest BCUT2D eigenvalue weighted by Crippen LogP contribution is -2.31. The Kier molecular flexibility index (Phi) is 3.95. The molecule has 0 aliphatic carbocycles. The van der Waals surface area contributed by atoms with E-state index in [0.29, 0.717) is 0 Å². The molecular weight excluding hydrogens is 379 g/mol. The minimum Gasteiger partial charge on any atom is -0.504 e. The number of nitrogens with two attached hydrogens (primary N) is 1. The summed E-state index contributed by atoms with van der Waals surface area (Å²) in [5, 5.41) is 22.9. The van der Waals surface area contributed by atoms with Gasteiger partial charge in [-0.3, -0.25) is 0 Å². The topological polar surface area (TPSA) is 78.5 Å². The molecule has 5 N–H and O–H groups in total. The van der Waals surface area contributed by atoms with Crippen LogP contribution in [0.2, 0.25) is 0 Å². The Morgan fingerprint density at radius 1 is 1.19 bits per heavy atom. The SMILES string of the molecule is Nc1ccc(C[C@@H]2NCCc3cc(O)c(O)cc32)cc1I. The van der Waals surface area contributed by atoms with Crippen LogP contribution in [0.1, 0.15) is 22.7 Å². The van der Waals surface area contributed by atoms with Crippen LogP contribution in [-0.4, -0.2) is 16.8 Å². The van der Waals surface area contributed by atoms with Crippen molar-refractivity contribution in [3.63, 3.8) is 0 Å². The lowest BCUT2D eigenvalue weighted by atomic mass is 9.90. The number of phenols is 2. The minimum absolute atomic E-state index is 0.0450. The maximum Gasteiger partial charge on any atom is 0.157 e. The lowest BCUT2D eigenvalue weighted by Gasteiger charge is -2.27. The highest BCUT2D eigenvalue weighted by atomic mass is 127. The third-order valence-electron chi connectivity index (χ3n) is 3.90. The third kappa shape index (κ3) is 2.94. The summed E-state index contributed by atoms with van der Waals surface area (Å²) in [6, 6.07) is 9.53. The first-order valence-corrected chi connectivity index (χ1v) is 7.94. The Balaban J connectivity index is 1.91. The number of halogens is 1. The largest absolute Gasteiger partial charge is 0.504 e. The number of rotatable bonds is 2. The van der Waals surface area contributed by atoms with Crippen LogP contribution in [0.4, 0.5) is 5.69 Å².